The van der Waals surface area contributed by atoms with Crippen LogP contribution in [0, 0.1) is 23.7 Å². The van der Waals surface area contributed by atoms with Crippen molar-refractivity contribution >= 4 is 53.8 Å². The first kappa shape index (κ1) is 55.5. The lowest BCUT2D eigenvalue weighted by molar-refractivity contribution is -0.146. The molecule has 1 aliphatic heterocycles. The van der Waals surface area contributed by atoms with Gasteiger partial charge in [-0.2, -0.15) is 0 Å². The highest BCUT2D eigenvalue weighted by Gasteiger charge is 2.33. The molecule has 0 aliphatic carbocycles. The first-order chi connectivity index (χ1) is 27.2. The molecule has 6 atom stereocenters. The summed E-state index contributed by atoms with van der Waals surface area (Å²) in [6, 6.07) is -5.95. The third-order valence-corrected chi connectivity index (χ3v) is 9.69. The summed E-state index contributed by atoms with van der Waals surface area (Å²) in [5.74, 6) is -3.99. The fraction of sp³-hybridized carbons (Fsp3) is 0.829. The molecule has 8 N–H and O–H groups in total. The number of hydrogen-bond acceptors (Lipinski definition) is 11. The second-order valence-electron chi connectivity index (χ2n) is 17.2. The summed E-state index contributed by atoms with van der Waals surface area (Å²) in [4.78, 5) is 94.7. The molecule has 59 heavy (non-hydrogen) atoms. The molecule has 0 saturated carbocycles. The SMILES string of the molecule is COC(=O)[C@@H](NC(=O)[C@H](CC(C)C)NC(=O)[C@H](C)NC(=O)[C@H](CC(C)C)NC(=O)[C@H](C)NC(=O)[C@H](CC(C)C)NC(=O)CN1CCCNCCCNCCC1)C(C)C.Cl. The molecule has 1 rings (SSSR count). The molecule has 1 fully saturated rings. The van der Waals surface area contributed by atoms with Crippen LogP contribution in [0.3, 0.4) is 0 Å². The van der Waals surface area contributed by atoms with E-state index in [2.05, 4.69) is 47.4 Å². The monoisotopic (exact) mass is 860 g/mol. The molecule has 342 valence electrons. The van der Waals surface area contributed by atoms with Crippen LogP contribution in [0.4, 0.5) is 0 Å². The van der Waals surface area contributed by atoms with E-state index >= 15 is 0 Å². The smallest absolute Gasteiger partial charge is 0.328 e. The van der Waals surface area contributed by atoms with Crippen molar-refractivity contribution in [3.05, 3.63) is 0 Å². The van der Waals surface area contributed by atoms with Crippen molar-refractivity contribution in [1.82, 2.24) is 47.4 Å². The molecule has 1 saturated heterocycles. The van der Waals surface area contributed by atoms with E-state index in [-0.39, 0.29) is 61.4 Å². The lowest BCUT2D eigenvalue weighted by atomic mass is 10.00. The van der Waals surface area contributed by atoms with E-state index in [9.17, 15) is 33.6 Å². The Hall–Kier alpha value is -3.54. The molecular weight excluding hydrogens is 782 g/mol. The number of rotatable bonds is 21. The predicted octanol–water partition coefficient (Wildman–Crippen LogP) is 0.989. The number of nitrogens with one attached hydrogen (secondary N) is 8. The molecule has 0 radical (unpaired) electrons. The Bertz CT molecular complexity index is 1310. The normalized spacial score (nSPS) is 17.4. The minimum Gasteiger partial charge on any atom is -0.467 e. The molecule has 18 heteroatoms. The average Bonchev–Trinajstić information content (AvgIpc) is 3.12. The van der Waals surface area contributed by atoms with Crippen LogP contribution in [-0.2, 0) is 38.3 Å². The fourth-order valence-corrected chi connectivity index (χ4v) is 6.50. The zero-order valence-electron chi connectivity index (χ0n) is 37.6. The minimum atomic E-state index is -1.09. The van der Waals surface area contributed by atoms with Crippen LogP contribution >= 0.6 is 12.4 Å². The summed E-state index contributed by atoms with van der Waals surface area (Å²) in [6.45, 7) is 23.2. The van der Waals surface area contributed by atoms with Gasteiger partial charge in [0, 0.05) is 0 Å². The van der Waals surface area contributed by atoms with Crippen LogP contribution in [0.2, 0.25) is 0 Å². The molecule has 0 bridgehead atoms. The van der Waals surface area contributed by atoms with Gasteiger partial charge in [-0.05, 0) is 115 Å². The Kier molecular flexibility index (Phi) is 27.9. The van der Waals surface area contributed by atoms with Crippen LogP contribution in [0.25, 0.3) is 0 Å². The Morgan fingerprint density at radius 1 is 0.525 bits per heavy atom. The molecular formula is C41H78ClN9O8. The quantitative estimate of drug-likeness (QED) is 0.0760. The Balaban J connectivity index is 0.0000336. The van der Waals surface area contributed by atoms with Crippen LogP contribution < -0.4 is 42.5 Å². The van der Waals surface area contributed by atoms with Crippen molar-refractivity contribution < 1.29 is 38.3 Å². The topological polar surface area (TPSA) is 228 Å². The van der Waals surface area contributed by atoms with Crippen LogP contribution in [0.15, 0.2) is 0 Å². The maximum Gasteiger partial charge on any atom is 0.328 e. The zero-order chi connectivity index (χ0) is 43.9. The lowest BCUT2D eigenvalue weighted by Gasteiger charge is -2.27. The second kappa shape index (κ2) is 29.6. The van der Waals surface area contributed by atoms with Crippen molar-refractivity contribution in [1.29, 1.82) is 0 Å². The number of carbonyl (C=O) groups is 7. The van der Waals surface area contributed by atoms with E-state index in [4.69, 9.17) is 4.74 Å². The van der Waals surface area contributed by atoms with Crippen molar-refractivity contribution in [2.75, 3.05) is 52.9 Å². The van der Waals surface area contributed by atoms with Crippen molar-refractivity contribution in [2.45, 2.75) is 144 Å². The third-order valence-electron chi connectivity index (χ3n) is 9.69. The second-order valence-corrected chi connectivity index (χ2v) is 17.2. The van der Waals surface area contributed by atoms with E-state index in [1.165, 1.54) is 21.0 Å². The first-order valence-corrected chi connectivity index (χ1v) is 21.3. The number of nitrogens with zero attached hydrogens (tertiary/aromatic N) is 1. The molecule has 6 amide bonds. The summed E-state index contributed by atoms with van der Waals surface area (Å²) in [6.07, 6.45) is 3.76. The molecule has 0 spiro atoms. The van der Waals surface area contributed by atoms with Crippen molar-refractivity contribution in [3.63, 3.8) is 0 Å². The van der Waals surface area contributed by atoms with E-state index in [0.29, 0.717) is 6.42 Å². The van der Waals surface area contributed by atoms with E-state index in [1.807, 2.05) is 41.5 Å². The van der Waals surface area contributed by atoms with Gasteiger partial charge in [-0.25, -0.2) is 4.79 Å². The van der Waals surface area contributed by atoms with E-state index in [0.717, 1.165) is 58.5 Å². The molecule has 1 aliphatic rings. The highest BCUT2D eigenvalue weighted by molar-refractivity contribution is 5.96. The predicted molar refractivity (Wildman–Crippen MR) is 231 cm³/mol. The first-order valence-electron chi connectivity index (χ1n) is 21.3. The number of halogens is 1. The molecule has 0 unspecified atom stereocenters. The Morgan fingerprint density at radius 2 is 0.898 bits per heavy atom. The lowest BCUT2D eigenvalue weighted by Crippen LogP contribution is -2.59. The maximum absolute atomic E-state index is 13.5. The van der Waals surface area contributed by atoms with E-state index < -0.39 is 71.8 Å². The molecule has 0 aromatic carbocycles. The number of ether oxygens (including phenoxy) is 1. The van der Waals surface area contributed by atoms with Crippen LogP contribution in [0.1, 0.15) is 108 Å². The number of methoxy groups -OCH3 is 1. The van der Waals surface area contributed by atoms with Gasteiger partial charge in [-0.1, -0.05) is 55.4 Å². The summed E-state index contributed by atoms with van der Waals surface area (Å²) in [7, 11) is 1.23. The Morgan fingerprint density at radius 3 is 1.27 bits per heavy atom. The van der Waals surface area contributed by atoms with Gasteiger partial charge in [0.15, 0.2) is 0 Å². The molecule has 17 nitrogen and oxygen atoms in total. The van der Waals surface area contributed by atoms with Gasteiger partial charge >= 0.3 is 5.97 Å². The largest absolute Gasteiger partial charge is 0.467 e. The summed E-state index contributed by atoms with van der Waals surface area (Å²) >= 11 is 0. The highest BCUT2D eigenvalue weighted by atomic mass is 35.5. The van der Waals surface area contributed by atoms with Gasteiger partial charge in [0.25, 0.3) is 0 Å². The van der Waals surface area contributed by atoms with Crippen LogP contribution in [-0.4, -0.2) is 135 Å². The number of hydrogen-bond donors (Lipinski definition) is 8. The minimum absolute atomic E-state index is 0. The molecule has 0 aromatic rings. The number of esters is 1. The third kappa shape index (κ3) is 23.2. The standard InChI is InChI=1S/C41H77N9O8.ClH/c1-25(2)21-31(46-34(51)24-50-19-13-17-42-15-12-16-43-18-14-20-50)38(54)44-29(9)36(52)47-32(22-26(3)4)39(55)45-30(10)37(53)48-33(23-27(5)6)40(56)49-35(28(7)8)41(57)58-11;/h25-33,35,42-43H,12-24H2,1-11H3,(H,44,54)(H,45,55)(H,46,51)(H,47,52)(H,48,53)(H,49,56);1H/t29-,30-,31-,32-,33-,35-;/m0./s1. The van der Waals surface area contributed by atoms with Gasteiger partial charge in [0.1, 0.15) is 36.3 Å². The van der Waals surface area contributed by atoms with Crippen LogP contribution in [0.5, 0.6) is 0 Å². The fourth-order valence-electron chi connectivity index (χ4n) is 6.50. The van der Waals surface area contributed by atoms with Crippen molar-refractivity contribution in [2.24, 2.45) is 23.7 Å². The number of carbonyl (C=O) groups excluding carboxylic acids is 7. The Labute approximate surface area is 359 Å². The summed E-state index contributed by atoms with van der Waals surface area (Å²) in [5.41, 5.74) is 0. The van der Waals surface area contributed by atoms with Gasteiger partial charge in [-0.3, -0.25) is 33.7 Å². The van der Waals surface area contributed by atoms with Crippen molar-refractivity contribution in [3.8, 4) is 0 Å². The van der Waals surface area contributed by atoms with Gasteiger partial charge in [0.05, 0.1) is 13.7 Å². The molecule has 0 aromatic heterocycles. The molecule has 1 heterocycles. The van der Waals surface area contributed by atoms with Gasteiger partial charge in [-0.15, -0.1) is 12.4 Å². The van der Waals surface area contributed by atoms with E-state index in [1.54, 1.807) is 13.8 Å². The maximum atomic E-state index is 13.5. The van der Waals surface area contributed by atoms with Gasteiger partial charge < -0.3 is 47.3 Å². The average molecular weight is 861 g/mol. The van der Waals surface area contributed by atoms with Gasteiger partial charge in [0.2, 0.25) is 35.4 Å². The summed E-state index contributed by atoms with van der Waals surface area (Å²) < 4.78 is 4.83. The number of amides is 6. The zero-order valence-corrected chi connectivity index (χ0v) is 38.4. The summed E-state index contributed by atoms with van der Waals surface area (Å²) in [5, 5.41) is 23.2. The highest BCUT2D eigenvalue weighted by Crippen LogP contribution is 2.11.